The fraction of sp³-hybridized carbons (Fsp3) is 0.0741. The molecule has 174 valence electrons. The van der Waals surface area contributed by atoms with Crippen LogP contribution >= 0.6 is 11.6 Å². The molecule has 0 radical (unpaired) electrons. The van der Waals surface area contributed by atoms with Crippen molar-refractivity contribution in [1.82, 2.24) is 20.3 Å². The van der Waals surface area contributed by atoms with Gasteiger partial charge in [0.2, 0.25) is 0 Å². The van der Waals surface area contributed by atoms with Gasteiger partial charge in [0.25, 0.3) is 5.91 Å². The highest BCUT2D eigenvalue weighted by Crippen LogP contribution is 2.26. The molecule has 0 unspecified atom stereocenters. The van der Waals surface area contributed by atoms with Gasteiger partial charge in [-0.05, 0) is 67.1 Å². The smallest absolute Gasteiger partial charge is 0.273 e. The van der Waals surface area contributed by atoms with Gasteiger partial charge in [0.15, 0.2) is 11.5 Å². The van der Waals surface area contributed by atoms with E-state index in [1.165, 1.54) is 6.07 Å². The molecule has 2 heterocycles. The summed E-state index contributed by atoms with van der Waals surface area (Å²) in [6.07, 6.45) is 1.85. The van der Waals surface area contributed by atoms with Crippen molar-refractivity contribution in [1.29, 1.82) is 0 Å². The second kappa shape index (κ2) is 9.56. The summed E-state index contributed by atoms with van der Waals surface area (Å²) in [6.45, 7) is 1.90. The Balaban J connectivity index is 1.40. The summed E-state index contributed by atoms with van der Waals surface area (Å²) < 4.78 is 20.9. The normalized spacial score (nSPS) is 10.9. The first-order valence-corrected chi connectivity index (χ1v) is 11.3. The van der Waals surface area contributed by atoms with Crippen molar-refractivity contribution in [2.75, 3.05) is 0 Å². The monoisotopic (exact) mass is 486 g/mol. The van der Waals surface area contributed by atoms with Gasteiger partial charge in [-0.25, -0.2) is 9.07 Å². The van der Waals surface area contributed by atoms with Crippen LogP contribution in [0.3, 0.4) is 0 Å². The lowest BCUT2D eigenvalue weighted by Gasteiger charge is -2.05. The molecule has 0 aliphatic carbocycles. The Morgan fingerprint density at radius 3 is 2.51 bits per heavy atom. The molecule has 0 saturated heterocycles. The molecule has 0 bridgehead atoms. The van der Waals surface area contributed by atoms with Crippen molar-refractivity contribution >= 4 is 17.5 Å². The molecule has 0 fully saturated rings. The Morgan fingerprint density at radius 2 is 1.77 bits per heavy atom. The number of rotatable bonds is 6. The minimum Gasteiger partial charge on any atom is -0.355 e. The van der Waals surface area contributed by atoms with Gasteiger partial charge in [-0.1, -0.05) is 35.0 Å². The number of nitrogens with zero attached hydrogens (tertiary/aromatic N) is 3. The zero-order valence-corrected chi connectivity index (χ0v) is 19.5. The largest absolute Gasteiger partial charge is 0.355 e. The number of benzene rings is 3. The van der Waals surface area contributed by atoms with E-state index in [9.17, 15) is 9.18 Å². The molecule has 8 heteroatoms. The molecule has 0 aliphatic rings. The Morgan fingerprint density at radius 1 is 1.03 bits per heavy atom. The van der Waals surface area contributed by atoms with Crippen molar-refractivity contribution in [2.45, 2.75) is 13.5 Å². The van der Waals surface area contributed by atoms with Crippen molar-refractivity contribution in [3.05, 3.63) is 113 Å². The molecule has 6 nitrogen and oxygen atoms in total. The molecular formula is C27H20ClFN4O2. The van der Waals surface area contributed by atoms with Crippen molar-refractivity contribution in [3.8, 4) is 28.3 Å². The van der Waals surface area contributed by atoms with Gasteiger partial charge >= 0.3 is 0 Å². The molecular weight excluding hydrogens is 467 g/mol. The van der Waals surface area contributed by atoms with Gasteiger partial charge in [0, 0.05) is 40.5 Å². The maximum atomic E-state index is 13.9. The highest BCUT2D eigenvalue weighted by molar-refractivity contribution is 6.30. The number of carbonyl (C=O) groups is 1. The molecule has 1 N–H and O–H groups in total. The zero-order chi connectivity index (χ0) is 24.4. The fourth-order valence-corrected chi connectivity index (χ4v) is 3.81. The molecule has 3 aromatic carbocycles. The topological polar surface area (TPSA) is 73.0 Å². The van der Waals surface area contributed by atoms with Crippen LogP contribution in [0.1, 0.15) is 21.6 Å². The van der Waals surface area contributed by atoms with Crippen LogP contribution in [-0.2, 0) is 6.54 Å². The van der Waals surface area contributed by atoms with Crippen LogP contribution in [0.2, 0.25) is 5.02 Å². The quantitative estimate of drug-likeness (QED) is 0.309. The third-order valence-corrected chi connectivity index (χ3v) is 5.81. The standard InChI is InChI=1S/C27H20ClFN4O2/c1-17-13-19(9-12-23(17)29)26-20(16-33(31-26)22-5-3-2-4-6-22)15-30-27(34)24-14-25(35-32-24)18-7-10-21(28)11-8-18/h2-14,16H,15H2,1H3,(H,30,34). The second-order valence-corrected chi connectivity index (χ2v) is 8.45. The van der Waals surface area contributed by atoms with Gasteiger partial charge in [-0.2, -0.15) is 5.10 Å². The number of nitrogens with one attached hydrogen (secondary N) is 1. The minimum absolute atomic E-state index is 0.157. The Kier molecular flexibility index (Phi) is 6.16. The van der Waals surface area contributed by atoms with Crippen LogP contribution in [0.25, 0.3) is 28.3 Å². The molecule has 35 heavy (non-hydrogen) atoms. The number of para-hydroxylation sites is 1. The first-order chi connectivity index (χ1) is 17.0. The van der Waals surface area contributed by atoms with E-state index in [2.05, 4.69) is 10.5 Å². The number of hydrogen-bond donors (Lipinski definition) is 1. The van der Waals surface area contributed by atoms with Gasteiger partial charge < -0.3 is 9.84 Å². The molecule has 5 rings (SSSR count). The van der Waals surface area contributed by atoms with Crippen molar-refractivity contribution < 1.29 is 13.7 Å². The summed E-state index contributed by atoms with van der Waals surface area (Å²) >= 11 is 5.93. The molecule has 2 aromatic heterocycles. The first kappa shape index (κ1) is 22.6. The predicted molar refractivity (Wildman–Crippen MR) is 132 cm³/mol. The molecule has 1 amide bonds. The van der Waals surface area contributed by atoms with Gasteiger partial charge in [0.1, 0.15) is 5.82 Å². The Bertz CT molecular complexity index is 1490. The Hall–Kier alpha value is -4.23. The summed E-state index contributed by atoms with van der Waals surface area (Å²) in [6, 6.07) is 23.1. The average Bonchev–Trinajstić information content (AvgIpc) is 3.53. The molecule has 0 spiro atoms. The first-order valence-electron chi connectivity index (χ1n) is 10.9. The van der Waals surface area contributed by atoms with Crippen LogP contribution in [-0.4, -0.2) is 20.8 Å². The number of amides is 1. The molecule has 0 aliphatic heterocycles. The lowest BCUT2D eigenvalue weighted by atomic mass is 10.1. The third kappa shape index (κ3) is 4.85. The zero-order valence-electron chi connectivity index (χ0n) is 18.7. The van der Waals surface area contributed by atoms with Gasteiger partial charge in [-0.15, -0.1) is 0 Å². The van der Waals surface area contributed by atoms with Crippen molar-refractivity contribution in [2.24, 2.45) is 0 Å². The maximum absolute atomic E-state index is 13.9. The average molecular weight is 487 g/mol. The van der Waals surface area contributed by atoms with Crippen LogP contribution in [0.15, 0.2) is 89.6 Å². The molecule has 5 aromatic rings. The van der Waals surface area contributed by atoms with E-state index in [0.29, 0.717) is 22.0 Å². The fourth-order valence-electron chi connectivity index (χ4n) is 3.69. The summed E-state index contributed by atoms with van der Waals surface area (Å²) in [7, 11) is 0. The lowest BCUT2D eigenvalue weighted by Crippen LogP contribution is -2.23. The lowest BCUT2D eigenvalue weighted by molar-refractivity contribution is 0.0942. The summed E-state index contributed by atoms with van der Waals surface area (Å²) in [5, 5.41) is 12.1. The summed E-state index contributed by atoms with van der Waals surface area (Å²) in [4.78, 5) is 12.8. The maximum Gasteiger partial charge on any atom is 0.273 e. The van der Waals surface area contributed by atoms with Gasteiger partial charge in [-0.3, -0.25) is 4.79 Å². The van der Waals surface area contributed by atoms with E-state index in [0.717, 1.165) is 22.4 Å². The number of aryl methyl sites for hydroxylation is 1. The van der Waals surface area contributed by atoms with Crippen LogP contribution in [0.4, 0.5) is 4.39 Å². The van der Waals surface area contributed by atoms with Crippen LogP contribution in [0, 0.1) is 12.7 Å². The highest BCUT2D eigenvalue weighted by atomic mass is 35.5. The van der Waals surface area contributed by atoms with E-state index >= 15 is 0 Å². The van der Waals surface area contributed by atoms with E-state index in [1.807, 2.05) is 36.5 Å². The number of carbonyl (C=O) groups excluding carboxylic acids is 1. The highest BCUT2D eigenvalue weighted by Gasteiger charge is 2.17. The predicted octanol–water partition coefficient (Wildman–Crippen LogP) is 6.23. The van der Waals surface area contributed by atoms with Crippen molar-refractivity contribution in [3.63, 3.8) is 0 Å². The molecule has 0 saturated carbocycles. The summed E-state index contributed by atoms with van der Waals surface area (Å²) in [5.74, 6) is -0.206. The number of halogens is 2. The van der Waals surface area contributed by atoms with E-state index in [-0.39, 0.29) is 24.0 Å². The summed E-state index contributed by atoms with van der Waals surface area (Å²) in [5.41, 5.74) is 4.49. The SMILES string of the molecule is Cc1cc(-c2nn(-c3ccccc3)cc2CNC(=O)c2cc(-c3ccc(Cl)cc3)on2)ccc1F. The minimum atomic E-state index is -0.386. The molecule has 0 atom stereocenters. The van der Waals surface area contributed by atoms with Crippen LogP contribution in [0.5, 0.6) is 0 Å². The van der Waals surface area contributed by atoms with E-state index in [4.69, 9.17) is 21.2 Å². The number of aromatic nitrogens is 3. The van der Waals surface area contributed by atoms with Crippen LogP contribution < -0.4 is 5.32 Å². The van der Waals surface area contributed by atoms with E-state index < -0.39 is 0 Å². The van der Waals surface area contributed by atoms with E-state index in [1.54, 1.807) is 54.1 Å². The Labute approximate surface area is 206 Å². The third-order valence-electron chi connectivity index (χ3n) is 5.55. The number of hydrogen-bond acceptors (Lipinski definition) is 4. The van der Waals surface area contributed by atoms with Gasteiger partial charge in [0.05, 0.1) is 11.4 Å². The second-order valence-electron chi connectivity index (χ2n) is 8.01.